The van der Waals surface area contributed by atoms with Crippen molar-refractivity contribution < 1.29 is 14.3 Å². The average Bonchev–Trinajstić information content (AvgIpc) is 3.52. The van der Waals surface area contributed by atoms with Gasteiger partial charge in [0.25, 0.3) is 5.91 Å². The second-order valence-corrected chi connectivity index (χ2v) is 9.32. The monoisotopic (exact) mass is 555 g/mol. The van der Waals surface area contributed by atoms with Crippen LogP contribution in [0, 0.1) is 0 Å². The number of rotatable bonds is 6. The summed E-state index contributed by atoms with van der Waals surface area (Å²) in [5.74, 6) is -0.511. The number of anilines is 1. The highest BCUT2D eigenvalue weighted by Crippen LogP contribution is 2.31. The number of benzene rings is 3. The molecule has 0 bridgehead atoms. The molecule has 0 spiro atoms. The third kappa shape index (κ3) is 5.28. The number of para-hydroxylation sites is 2. The van der Waals surface area contributed by atoms with Gasteiger partial charge in [-0.3, -0.25) is 15.2 Å². The Kier molecular flexibility index (Phi) is 7.33. The first-order valence-electron chi connectivity index (χ1n) is 13.1. The zero-order valence-electron chi connectivity index (χ0n) is 22.6. The van der Waals surface area contributed by atoms with Crippen LogP contribution in [0.2, 0.25) is 0 Å². The first-order chi connectivity index (χ1) is 20.6. The first-order valence-corrected chi connectivity index (χ1v) is 13.1. The molecule has 0 saturated heterocycles. The Morgan fingerprint density at radius 1 is 0.881 bits per heavy atom. The fourth-order valence-electron chi connectivity index (χ4n) is 4.73. The molecule has 0 radical (unpaired) electrons. The number of methoxy groups -OCH3 is 1. The number of pyridine rings is 2. The van der Waals surface area contributed by atoms with Gasteiger partial charge in [0.15, 0.2) is 0 Å². The minimum Gasteiger partial charge on any atom is -0.451 e. The molecule has 206 valence electrons. The van der Waals surface area contributed by atoms with Crippen LogP contribution in [0.5, 0.6) is 0 Å². The van der Waals surface area contributed by atoms with E-state index in [-0.39, 0.29) is 6.54 Å². The first kappa shape index (κ1) is 26.3. The van der Waals surface area contributed by atoms with Crippen LogP contribution in [-0.4, -0.2) is 44.1 Å². The lowest BCUT2D eigenvalue weighted by molar-refractivity contribution is 0.0941. The van der Waals surface area contributed by atoms with Crippen LogP contribution in [-0.2, 0) is 11.3 Å². The number of hydrazine groups is 1. The van der Waals surface area contributed by atoms with Gasteiger partial charge in [-0.1, -0.05) is 71.9 Å². The summed E-state index contributed by atoms with van der Waals surface area (Å²) in [6, 6.07) is 29.5. The van der Waals surface area contributed by atoms with Crippen LogP contribution in [0.4, 0.5) is 10.5 Å². The Morgan fingerprint density at radius 2 is 1.60 bits per heavy atom. The molecule has 0 unspecified atom stereocenters. The minimum atomic E-state index is -0.741. The molecule has 6 aromatic rings. The Balaban J connectivity index is 1.51. The fraction of sp³-hybridized carbons (Fsp3) is 0.0625. The van der Waals surface area contributed by atoms with Gasteiger partial charge >= 0.3 is 6.09 Å². The summed E-state index contributed by atoms with van der Waals surface area (Å²) in [5, 5.41) is 10.4. The molecule has 0 saturated carbocycles. The van der Waals surface area contributed by atoms with Gasteiger partial charge in [0, 0.05) is 34.5 Å². The number of amides is 2. The smallest absolute Gasteiger partial charge is 0.433 e. The molecule has 6 rings (SSSR count). The molecule has 10 nitrogen and oxygen atoms in total. The van der Waals surface area contributed by atoms with Crippen molar-refractivity contribution in [3.05, 3.63) is 127 Å². The molecule has 10 heteroatoms. The number of carbonyl (C=O) groups excluding carboxylic acids is 2. The van der Waals surface area contributed by atoms with Crippen molar-refractivity contribution in [3.8, 4) is 22.5 Å². The van der Waals surface area contributed by atoms with Gasteiger partial charge in [0.05, 0.1) is 42.3 Å². The number of nitrogens with one attached hydrogen (secondary N) is 1. The van der Waals surface area contributed by atoms with Crippen LogP contribution < -0.4 is 10.4 Å². The van der Waals surface area contributed by atoms with E-state index in [1.54, 1.807) is 47.5 Å². The number of hydrogen-bond donors (Lipinski definition) is 1. The summed E-state index contributed by atoms with van der Waals surface area (Å²) in [6.45, 7) is 0.182. The molecule has 0 aliphatic rings. The van der Waals surface area contributed by atoms with Crippen molar-refractivity contribution in [1.29, 1.82) is 0 Å². The maximum absolute atomic E-state index is 14.2. The number of nitrogens with zero attached hydrogens (tertiary/aromatic N) is 6. The van der Waals surface area contributed by atoms with Gasteiger partial charge in [-0.25, -0.2) is 14.5 Å². The van der Waals surface area contributed by atoms with E-state index in [4.69, 9.17) is 9.72 Å². The number of fused-ring (bicyclic) bond motifs is 1. The zero-order valence-corrected chi connectivity index (χ0v) is 22.6. The summed E-state index contributed by atoms with van der Waals surface area (Å²) in [7, 11) is 1.26. The van der Waals surface area contributed by atoms with E-state index in [9.17, 15) is 9.59 Å². The molecule has 0 atom stereocenters. The molecule has 1 N–H and O–H groups in total. The van der Waals surface area contributed by atoms with Gasteiger partial charge in [-0.15, -0.1) is 5.10 Å². The molecule has 3 heterocycles. The third-order valence-corrected chi connectivity index (χ3v) is 6.67. The van der Waals surface area contributed by atoms with Crippen molar-refractivity contribution in [1.82, 2.24) is 30.4 Å². The molecule has 0 fully saturated rings. The van der Waals surface area contributed by atoms with Crippen molar-refractivity contribution in [2.75, 3.05) is 12.1 Å². The topological polar surface area (TPSA) is 115 Å². The average molecular weight is 556 g/mol. The molecule has 2 amide bonds. The SMILES string of the molecule is COC(=O)N(NC(=O)c1c(Cn2cc(-c3cccnc3)nn2)c(-c2ccccc2)nc2ccccc12)c1ccccc1. The van der Waals surface area contributed by atoms with E-state index in [0.29, 0.717) is 39.1 Å². The van der Waals surface area contributed by atoms with Gasteiger partial charge in [0.2, 0.25) is 0 Å². The number of hydrogen-bond acceptors (Lipinski definition) is 7. The van der Waals surface area contributed by atoms with Gasteiger partial charge < -0.3 is 4.74 Å². The Morgan fingerprint density at radius 3 is 2.33 bits per heavy atom. The summed E-state index contributed by atoms with van der Waals surface area (Å²) in [6.07, 6.45) is 4.47. The van der Waals surface area contributed by atoms with E-state index < -0.39 is 12.0 Å². The summed E-state index contributed by atoms with van der Waals surface area (Å²) in [5.41, 5.74) is 7.70. The van der Waals surface area contributed by atoms with Gasteiger partial charge in [0.1, 0.15) is 5.69 Å². The molecule has 0 aliphatic carbocycles. The summed E-state index contributed by atoms with van der Waals surface area (Å²) in [4.78, 5) is 36.2. The maximum Gasteiger partial charge on any atom is 0.433 e. The van der Waals surface area contributed by atoms with E-state index in [0.717, 1.165) is 16.1 Å². The molecular formula is C32H25N7O3. The summed E-state index contributed by atoms with van der Waals surface area (Å²) >= 11 is 0. The predicted molar refractivity (Wildman–Crippen MR) is 158 cm³/mol. The highest BCUT2D eigenvalue weighted by atomic mass is 16.5. The van der Waals surface area contributed by atoms with Crippen LogP contribution in [0.15, 0.2) is 116 Å². The summed E-state index contributed by atoms with van der Waals surface area (Å²) < 4.78 is 6.65. The number of ether oxygens (including phenoxy) is 1. The van der Waals surface area contributed by atoms with Crippen LogP contribution >= 0.6 is 0 Å². The molecule has 3 aromatic heterocycles. The fourth-order valence-corrected chi connectivity index (χ4v) is 4.73. The Hall–Kier alpha value is -5.90. The van der Waals surface area contributed by atoms with Crippen molar-refractivity contribution in [3.63, 3.8) is 0 Å². The normalized spacial score (nSPS) is 10.8. The number of carbonyl (C=O) groups is 2. The maximum atomic E-state index is 14.2. The molecule has 42 heavy (non-hydrogen) atoms. The highest BCUT2D eigenvalue weighted by Gasteiger charge is 2.26. The molecular weight excluding hydrogens is 530 g/mol. The lowest BCUT2D eigenvalue weighted by atomic mass is 9.96. The lowest BCUT2D eigenvalue weighted by Gasteiger charge is -2.23. The van der Waals surface area contributed by atoms with Crippen LogP contribution in [0.25, 0.3) is 33.4 Å². The largest absolute Gasteiger partial charge is 0.451 e. The van der Waals surface area contributed by atoms with Crippen molar-refractivity contribution in [2.45, 2.75) is 6.54 Å². The van der Waals surface area contributed by atoms with Crippen LogP contribution in [0.3, 0.4) is 0 Å². The van der Waals surface area contributed by atoms with E-state index in [1.807, 2.05) is 72.8 Å². The lowest BCUT2D eigenvalue weighted by Crippen LogP contribution is -2.47. The highest BCUT2D eigenvalue weighted by molar-refractivity contribution is 6.10. The Labute approximate surface area is 241 Å². The minimum absolute atomic E-state index is 0.182. The third-order valence-electron chi connectivity index (χ3n) is 6.67. The van der Waals surface area contributed by atoms with E-state index in [2.05, 4.69) is 20.7 Å². The molecule has 3 aromatic carbocycles. The zero-order chi connectivity index (χ0) is 28.9. The van der Waals surface area contributed by atoms with Gasteiger partial charge in [-0.2, -0.15) is 5.01 Å². The Bertz CT molecular complexity index is 1860. The van der Waals surface area contributed by atoms with E-state index >= 15 is 0 Å². The van der Waals surface area contributed by atoms with E-state index in [1.165, 1.54) is 7.11 Å². The standard InChI is InChI=1S/C32H25N7O3/c1-42-32(41)39(24-14-6-3-7-15-24)36-31(40)29-25-16-8-9-17-27(25)34-30(22-11-4-2-5-12-22)26(29)20-38-21-28(35-37-38)23-13-10-18-33-19-23/h2-19,21H,20H2,1H3,(H,36,40). The molecule has 0 aliphatic heterocycles. The van der Waals surface area contributed by atoms with Gasteiger partial charge in [-0.05, 0) is 30.3 Å². The second kappa shape index (κ2) is 11.7. The number of aromatic nitrogens is 5. The van der Waals surface area contributed by atoms with Crippen molar-refractivity contribution >= 4 is 28.6 Å². The second-order valence-electron chi connectivity index (χ2n) is 9.32. The van der Waals surface area contributed by atoms with Crippen molar-refractivity contribution in [2.24, 2.45) is 0 Å². The van der Waals surface area contributed by atoms with Crippen LogP contribution in [0.1, 0.15) is 15.9 Å². The predicted octanol–water partition coefficient (Wildman–Crippen LogP) is 5.52. The quantitative estimate of drug-likeness (QED) is 0.269.